The molecule has 1 aliphatic heterocycles. The first kappa shape index (κ1) is 17.4. The molecule has 132 valence electrons. The Bertz CT molecular complexity index is 907. The molecule has 0 aliphatic carbocycles. The van der Waals surface area contributed by atoms with Gasteiger partial charge in [0.1, 0.15) is 5.75 Å². The van der Waals surface area contributed by atoms with E-state index in [1.807, 2.05) is 0 Å². The van der Waals surface area contributed by atoms with Crippen LogP contribution in [-0.4, -0.2) is 35.0 Å². The van der Waals surface area contributed by atoms with Gasteiger partial charge in [-0.1, -0.05) is 12.1 Å². The van der Waals surface area contributed by atoms with Crippen LogP contribution >= 0.6 is 0 Å². The van der Waals surface area contributed by atoms with E-state index in [1.165, 1.54) is 11.4 Å². The van der Waals surface area contributed by atoms with Gasteiger partial charge in [-0.05, 0) is 29.8 Å². The maximum Gasteiger partial charge on any atom is 0.264 e. The third-order valence-electron chi connectivity index (χ3n) is 4.11. The number of anilines is 1. The Morgan fingerprint density at radius 3 is 2.64 bits per heavy atom. The fourth-order valence-corrected chi connectivity index (χ4v) is 4.43. The zero-order valence-corrected chi connectivity index (χ0v) is 14.9. The van der Waals surface area contributed by atoms with Gasteiger partial charge in [-0.2, -0.15) is 0 Å². The fourth-order valence-electron chi connectivity index (χ4n) is 2.88. The standard InChI is InChI=1S/C18H19NO5S/c1-23-12-13-4-3-5-15(10-13)25(21,22)19-9-8-18(20)16-7-6-14(24-2)11-17(16)19/h3-7,10-11H,8-9,12H2,1-2H3. The Morgan fingerprint density at radius 2 is 1.92 bits per heavy atom. The first-order valence-electron chi connectivity index (χ1n) is 7.79. The van der Waals surface area contributed by atoms with Gasteiger partial charge in [0, 0.05) is 31.7 Å². The normalized spacial score (nSPS) is 14.3. The predicted octanol–water partition coefficient (Wildman–Crippen LogP) is 2.62. The third kappa shape index (κ3) is 3.25. The second-order valence-electron chi connectivity index (χ2n) is 5.71. The summed E-state index contributed by atoms with van der Waals surface area (Å²) in [5.74, 6) is 0.430. The molecule has 0 unspecified atom stereocenters. The average molecular weight is 361 g/mol. The van der Waals surface area contributed by atoms with Crippen molar-refractivity contribution in [3.63, 3.8) is 0 Å². The molecule has 0 spiro atoms. The van der Waals surface area contributed by atoms with Crippen molar-refractivity contribution in [2.24, 2.45) is 0 Å². The molecule has 0 aromatic heterocycles. The van der Waals surface area contributed by atoms with Crippen LogP contribution < -0.4 is 9.04 Å². The summed E-state index contributed by atoms with van der Waals surface area (Å²) in [5.41, 5.74) is 1.51. The van der Waals surface area contributed by atoms with Crippen LogP contribution in [-0.2, 0) is 21.4 Å². The summed E-state index contributed by atoms with van der Waals surface area (Å²) in [6.07, 6.45) is 0.149. The number of Topliss-reactive ketones (excluding diaryl/α,β-unsaturated/α-hetero) is 1. The molecular formula is C18H19NO5S. The summed E-state index contributed by atoms with van der Waals surface area (Å²) in [7, 11) is -0.740. The van der Waals surface area contributed by atoms with Crippen molar-refractivity contribution < 1.29 is 22.7 Å². The molecule has 0 saturated carbocycles. The van der Waals surface area contributed by atoms with Crippen LogP contribution in [0.3, 0.4) is 0 Å². The van der Waals surface area contributed by atoms with Crippen molar-refractivity contribution in [2.75, 3.05) is 25.1 Å². The molecule has 0 N–H and O–H groups in total. The van der Waals surface area contributed by atoms with E-state index >= 15 is 0 Å². The molecule has 0 atom stereocenters. The maximum absolute atomic E-state index is 13.1. The Morgan fingerprint density at radius 1 is 1.12 bits per heavy atom. The molecule has 0 saturated heterocycles. The Balaban J connectivity index is 2.08. The number of nitrogens with zero attached hydrogens (tertiary/aromatic N) is 1. The summed E-state index contributed by atoms with van der Waals surface area (Å²) in [5, 5.41) is 0. The highest BCUT2D eigenvalue weighted by molar-refractivity contribution is 7.92. The fraction of sp³-hybridized carbons (Fsp3) is 0.278. The van der Waals surface area contributed by atoms with Crippen LogP contribution in [0, 0.1) is 0 Å². The maximum atomic E-state index is 13.1. The van der Waals surface area contributed by atoms with Gasteiger partial charge in [0.25, 0.3) is 10.0 Å². The lowest BCUT2D eigenvalue weighted by atomic mass is 10.0. The zero-order valence-electron chi connectivity index (χ0n) is 14.1. The van der Waals surface area contributed by atoms with Gasteiger partial charge in [0.05, 0.1) is 24.3 Å². The predicted molar refractivity (Wildman–Crippen MR) is 93.6 cm³/mol. The van der Waals surface area contributed by atoms with Crippen LogP contribution in [0.4, 0.5) is 5.69 Å². The molecule has 0 fully saturated rings. The topological polar surface area (TPSA) is 72.9 Å². The Hall–Kier alpha value is -2.38. The Labute approximate surface area is 147 Å². The van der Waals surface area contributed by atoms with Gasteiger partial charge in [0.15, 0.2) is 5.78 Å². The number of ketones is 1. The third-order valence-corrected chi connectivity index (χ3v) is 5.92. The van der Waals surface area contributed by atoms with Crippen molar-refractivity contribution in [1.82, 2.24) is 0 Å². The van der Waals surface area contributed by atoms with E-state index in [-0.39, 0.29) is 23.6 Å². The van der Waals surface area contributed by atoms with E-state index in [0.29, 0.717) is 23.6 Å². The van der Waals surface area contributed by atoms with E-state index in [9.17, 15) is 13.2 Å². The summed E-state index contributed by atoms with van der Waals surface area (Å²) >= 11 is 0. The molecule has 6 nitrogen and oxygen atoms in total. The monoisotopic (exact) mass is 361 g/mol. The van der Waals surface area contributed by atoms with E-state index in [4.69, 9.17) is 9.47 Å². The minimum Gasteiger partial charge on any atom is -0.497 e. The quantitative estimate of drug-likeness (QED) is 0.818. The molecule has 1 aliphatic rings. The minimum atomic E-state index is -3.79. The van der Waals surface area contributed by atoms with Crippen molar-refractivity contribution in [3.05, 3.63) is 53.6 Å². The van der Waals surface area contributed by atoms with Crippen molar-refractivity contribution in [3.8, 4) is 5.75 Å². The van der Waals surface area contributed by atoms with Gasteiger partial charge in [-0.25, -0.2) is 8.42 Å². The number of benzene rings is 2. The van der Waals surface area contributed by atoms with E-state index in [2.05, 4.69) is 0 Å². The SMILES string of the molecule is COCc1cccc(S(=O)(=O)N2CCC(=O)c3ccc(OC)cc32)c1. The molecule has 1 heterocycles. The summed E-state index contributed by atoms with van der Waals surface area (Å²) in [6.45, 7) is 0.433. The molecule has 3 rings (SSSR count). The van der Waals surface area contributed by atoms with Crippen molar-refractivity contribution >= 4 is 21.5 Å². The van der Waals surface area contributed by atoms with Crippen LogP contribution in [0.2, 0.25) is 0 Å². The molecule has 7 heteroatoms. The van der Waals surface area contributed by atoms with Gasteiger partial charge >= 0.3 is 0 Å². The minimum absolute atomic E-state index is 0.0720. The number of methoxy groups -OCH3 is 2. The summed E-state index contributed by atoms with van der Waals surface area (Å²) in [4.78, 5) is 12.3. The van der Waals surface area contributed by atoms with Crippen molar-refractivity contribution in [1.29, 1.82) is 0 Å². The number of hydrogen-bond donors (Lipinski definition) is 0. The van der Waals surface area contributed by atoms with Crippen LogP contribution in [0.15, 0.2) is 47.4 Å². The van der Waals surface area contributed by atoms with Gasteiger partial charge in [0.2, 0.25) is 0 Å². The molecular weight excluding hydrogens is 342 g/mol. The van der Waals surface area contributed by atoms with Gasteiger partial charge in [-0.15, -0.1) is 0 Å². The second-order valence-corrected chi connectivity index (χ2v) is 7.58. The highest BCUT2D eigenvalue weighted by Crippen LogP contribution is 2.34. The molecule has 2 aromatic carbocycles. The van der Waals surface area contributed by atoms with Crippen LogP contribution in [0.1, 0.15) is 22.3 Å². The highest BCUT2D eigenvalue weighted by Gasteiger charge is 2.32. The molecule has 0 bridgehead atoms. The lowest BCUT2D eigenvalue weighted by molar-refractivity contribution is 0.0982. The number of carbonyl (C=O) groups is 1. The number of rotatable bonds is 5. The zero-order chi connectivity index (χ0) is 18.0. The van der Waals surface area contributed by atoms with Crippen LogP contribution in [0.5, 0.6) is 5.75 Å². The number of fused-ring (bicyclic) bond motifs is 1. The lowest BCUT2D eigenvalue weighted by Gasteiger charge is -2.30. The first-order valence-corrected chi connectivity index (χ1v) is 9.23. The smallest absolute Gasteiger partial charge is 0.264 e. The van der Waals surface area contributed by atoms with Gasteiger partial charge < -0.3 is 9.47 Å². The van der Waals surface area contributed by atoms with E-state index in [0.717, 1.165) is 5.56 Å². The molecule has 0 amide bonds. The Kier molecular flexibility index (Phi) is 4.78. The first-order chi connectivity index (χ1) is 12.0. The van der Waals surface area contributed by atoms with Gasteiger partial charge in [-0.3, -0.25) is 9.10 Å². The van der Waals surface area contributed by atoms with Crippen LogP contribution in [0.25, 0.3) is 0 Å². The molecule has 25 heavy (non-hydrogen) atoms. The number of carbonyl (C=O) groups excluding carboxylic acids is 1. The number of ether oxygens (including phenoxy) is 2. The average Bonchev–Trinajstić information content (AvgIpc) is 2.62. The van der Waals surface area contributed by atoms with E-state index < -0.39 is 10.0 Å². The summed E-state index contributed by atoms with van der Waals surface area (Å²) < 4.78 is 37.8. The largest absolute Gasteiger partial charge is 0.497 e. The lowest BCUT2D eigenvalue weighted by Crippen LogP contribution is -2.37. The van der Waals surface area contributed by atoms with Crippen molar-refractivity contribution in [2.45, 2.75) is 17.9 Å². The second kappa shape index (κ2) is 6.85. The highest BCUT2D eigenvalue weighted by atomic mass is 32.2. The summed E-state index contributed by atoms with van der Waals surface area (Å²) in [6, 6.07) is 11.5. The molecule has 0 radical (unpaired) electrons. The number of hydrogen-bond acceptors (Lipinski definition) is 5. The van der Waals surface area contributed by atoms with E-state index in [1.54, 1.807) is 49.6 Å². The number of sulfonamides is 1. The molecule has 2 aromatic rings.